The van der Waals surface area contributed by atoms with E-state index in [1.54, 1.807) is 13.0 Å². The third-order valence-corrected chi connectivity index (χ3v) is 3.26. The molecule has 0 aliphatic carbocycles. The molecule has 0 spiro atoms. The second-order valence-corrected chi connectivity index (χ2v) is 5.21. The second kappa shape index (κ2) is 5.47. The molecule has 0 aliphatic heterocycles. The first kappa shape index (κ1) is 14.9. The van der Waals surface area contributed by atoms with Gasteiger partial charge in [-0.25, -0.2) is 4.39 Å². The third-order valence-electron chi connectivity index (χ3n) is 2.83. The lowest BCUT2D eigenvalue weighted by Crippen LogP contribution is -2.08. The van der Waals surface area contributed by atoms with Gasteiger partial charge in [-0.05, 0) is 45.8 Å². The molecule has 0 fully saturated rings. The number of nitrogens with zero attached hydrogens (tertiary/aromatic N) is 2. The molecular weight excluding hydrogens is 340 g/mol. The molecule has 1 aromatic heterocycles. The fraction of sp³-hybridized carbons (Fsp3) is 0.231. The Morgan fingerprint density at radius 2 is 1.85 bits per heavy atom. The van der Waals surface area contributed by atoms with Crippen molar-refractivity contribution >= 4 is 15.9 Å². The first-order valence-corrected chi connectivity index (χ1v) is 6.42. The van der Waals surface area contributed by atoms with E-state index in [1.165, 1.54) is 6.20 Å². The zero-order valence-corrected chi connectivity index (χ0v) is 11.8. The molecule has 0 saturated carbocycles. The smallest absolute Gasteiger partial charge is 0.207 e. The summed E-state index contributed by atoms with van der Waals surface area (Å²) in [5.74, 6) is -1.43. The molecule has 2 rings (SSSR count). The van der Waals surface area contributed by atoms with Crippen LogP contribution in [0.15, 0.2) is 34.9 Å². The minimum atomic E-state index is -4.58. The van der Waals surface area contributed by atoms with Crippen LogP contribution < -0.4 is 0 Å². The zero-order chi connectivity index (χ0) is 14.9. The Morgan fingerprint density at radius 3 is 2.45 bits per heavy atom. The van der Waals surface area contributed by atoms with Crippen molar-refractivity contribution in [2.75, 3.05) is 0 Å². The summed E-state index contributed by atoms with van der Waals surface area (Å²) in [4.78, 5) is 0. The maximum atomic E-state index is 13.4. The predicted octanol–water partition coefficient (Wildman–Crippen LogP) is 4.55. The number of rotatable bonds is 2. The van der Waals surface area contributed by atoms with Crippen molar-refractivity contribution in [1.29, 1.82) is 0 Å². The van der Waals surface area contributed by atoms with Gasteiger partial charge in [0, 0.05) is 10.4 Å². The van der Waals surface area contributed by atoms with E-state index in [4.69, 9.17) is 0 Å². The number of aromatic nitrogens is 2. The average molecular weight is 349 g/mol. The lowest BCUT2D eigenvalue weighted by molar-refractivity contribution is -0.137. The lowest BCUT2D eigenvalue weighted by Gasteiger charge is -2.14. The van der Waals surface area contributed by atoms with Gasteiger partial charge in [-0.3, -0.25) is 0 Å². The van der Waals surface area contributed by atoms with Crippen molar-refractivity contribution in [2.45, 2.75) is 19.0 Å². The van der Waals surface area contributed by atoms with E-state index in [9.17, 15) is 17.6 Å². The van der Waals surface area contributed by atoms with Gasteiger partial charge < -0.3 is 0 Å². The molecule has 106 valence electrons. The topological polar surface area (TPSA) is 25.8 Å². The zero-order valence-electron chi connectivity index (χ0n) is 10.2. The van der Waals surface area contributed by atoms with Crippen LogP contribution in [0.5, 0.6) is 0 Å². The van der Waals surface area contributed by atoms with E-state index >= 15 is 0 Å². The van der Waals surface area contributed by atoms with Crippen LogP contribution in [0.4, 0.5) is 17.6 Å². The van der Waals surface area contributed by atoms with Gasteiger partial charge >= 0.3 is 6.18 Å². The van der Waals surface area contributed by atoms with E-state index in [2.05, 4.69) is 26.1 Å². The normalized spacial score (nSPS) is 13.3. The number of hydrogen-bond acceptors (Lipinski definition) is 2. The average Bonchev–Trinajstić information content (AvgIpc) is 2.36. The predicted molar refractivity (Wildman–Crippen MR) is 68.7 cm³/mol. The fourth-order valence-corrected chi connectivity index (χ4v) is 2.09. The van der Waals surface area contributed by atoms with Crippen molar-refractivity contribution in [3.05, 3.63) is 57.6 Å². The SMILES string of the molecule is CC(c1cc(F)cc(C(F)(F)F)c1)c1cc(Br)cnn1. The summed E-state index contributed by atoms with van der Waals surface area (Å²) in [7, 11) is 0. The lowest BCUT2D eigenvalue weighted by atomic mass is 9.95. The van der Waals surface area contributed by atoms with Gasteiger partial charge in [0.2, 0.25) is 0 Å². The van der Waals surface area contributed by atoms with Gasteiger partial charge in [0.25, 0.3) is 0 Å². The van der Waals surface area contributed by atoms with Gasteiger partial charge in [0.15, 0.2) is 0 Å². The third kappa shape index (κ3) is 3.33. The molecule has 0 amide bonds. The van der Waals surface area contributed by atoms with Crippen molar-refractivity contribution in [3.8, 4) is 0 Å². The van der Waals surface area contributed by atoms with Crippen LogP contribution in [0.2, 0.25) is 0 Å². The number of hydrogen-bond donors (Lipinski definition) is 0. The van der Waals surface area contributed by atoms with Gasteiger partial charge in [-0.15, -0.1) is 0 Å². The quantitative estimate of drug-likeness (QED) is 0.744. The standard InChI is InChI=1S/C13H9BrF4N2/c1-7(12-5-10(14)6-19-20-12)8-2-9(13(16,17)18)4-11(15)3-8/h2-7H,1H3. The summed E-state index contributed by atoms with van der Waals surface area (Å²) in [6, 6.07) is 4.11. The number of halogens is 5. The Balaban J connectivity index is 2.45. The molecule has 20 heavy (non-hydrogen) atoms. The summed E-state index contributed by atoms with van der Waals surface area (Å²) >= 11 is 3.21. The van der Waals surface area contributed by atoms with Crippen molar-refractivity contribution in [3.63, 3.8) is 0 Å². The van der Waals surface area contributed by atoms with Gasteiger partial charge in [0.1, 0.15) is 5.82 Å². The molecule has 0 N–H and O–H groups in total. The van der Waals surface area contributed by atoms with Crippen LogP contribution in [0.3, 0.4) is 0 Å². The molecular formula is C13H9BrF4N2. The summed E-state index contributed by atoms with van der Waals surface area (Å²) < 4.78 is 52.0. The Bertz CT molecular complexity index is 628. The number of benzene rings is 1. The minimum Gasteiger partial charge on any atom is -0.207 e. The molecule has 0 aliphatic rings. The van der Waals surface area contributed by atoms with E-state index in [0.717, 1.165) is 12.1 Å². The highest BCUT2D eigenvalue weighted by Gasteiger charge is 2.32. The molecule has 0 saturated heterocycles. The van der Waals surface area contributed by atoms with E-state index in [-0.39, 0.29) is 5.56 Å². The van der Waals surface area contributed by atoms with Crippen LogP contribution in [0, 0.1) is 5.82 Å². The van der Waals surface area contributed by atoms with E-state index in [1.807, 2.05) is 0 Å². The van der Waals surface area contributed by atoms with E-state index in [0.29, 0.717) is 16.2 Å². The van der Waals surface area contributed by atoms with Crippen molar-refractivity contribution < 1.29 is 17.6 Å². The Hall–Kier alpha value is -1.50. The molecule has 2 aromatic rings. The Kier molecular flexibility index (Phi) is 4.08. The van der Waals surface area contributed by atoms with Gasteiger partial charge in [-0.1, -0.05) is 6.92 Å². The molecule has 1 atom stereocenters. The van der Waals surface area contributed by atoms with Crippen LogP contribution in [-0.2, 0) is 6.18 Å². The molecule has 1 heterocycles. The monoisotopic (exact) mass is 348 g/mol. The first-order chi connectivity index (χ1) is 9.27. The summed E-state index contributed by atoms with van der Waals surface area (Å²) in [5.41, 5.74) is -0.356. The summed E-state index contributed by atoms with van der Waals surface area (Å²) in [6.07, 6.45) is -3.12. The second-order valence-electron chi connectivity index (χ2n) is 4.29. The maximum Gasteiger partial charge on any atom is 0.416 e. The Morgan fingerprint density at radius 1 is 1.15 bits per heavy atom. The van der Waals surface area contributed by atoms with Gasteiger partial charge in [-0.2, -0.15) is 23.4 Å². The summed E-state index contributed by atoms with van der Waals surface area (Å²) in [5, 5.41) is 7.57. The van der Waals surface area contributed by atoms with Crippen LogP contribution in [-0.4, -0.2) is 10.2 Å². The Labute approximate surface area is 121 Å². The highest BCUT2D eigenvalue weighted by atomic mass is 79.9. The highest BCUT2D eigenvalue weighted by molar-refractivity contribution is 9.10. The maximum absolute atomic E-state index is 13.4. The van der Waals surface area contributed by atoms with Crippen molar-refractivity contribution in [1.82, 2.24) is 10.2 Å². The van der Waals surface area contributed by atoms with Crippen LogP contribution >= 0.6 is 15.9 Å². The minimum absolute atomic E-state index is 0.199. The molecule has 0 radical (unpaired) electrons. The highest BCUT2D eigenvalue weighted by Crippen LogP contribution is 2.33. The molecule has 1 aromatic carbocycles. The van der Waals surface area contributed by atoms with E-state index < -0.39 is 23.5 Å². The largest absolute Gasteiger partial charge is 0.416 e. The van der Waals surface area contributed by atoms with Crippen LogP contribution in [0.25, 0.3) is 0 Å². The molecule has 1 unspecified atom stereocenters. The molecule has 7 heteroatoms. The van der Waals surface area contributed by atoms with Crippen LogP contribution in [0.1, 0.15) is 29.7 Å². The summed E-state index contributed by atoms with van der Waals surface area (Å²) in [6.45, 7) is 1.64. The number of alkyl halides is 3. The fourth-order valence-electron chi connectivity index (χ4n) is 1.77. The molecule has 0 bridgehead atoms. The first-order valence-electron chi connectivity index (χ1n) is 5.63. The molecule has 2 nitrogen and oxygen atoms in total. The van der Waals surface area contributed by atoms with Crippen molar-refractivity contribution in [2.24, 2.45) is 0 Å². The van der Waals surface area contributed by atoms with Gasteiger partial charge in [0.05, 0.1) is 17.5 Å².